The van der Waals surface area contributed by atoms with Gasteiger partial charge in [-0.3, -0.25) is 9.59 Å². The number of hydrogen-bond donors (Lipinski definition) is 3. The van der Waals surface area contributed by atoms with E-state index in [1.807, 2.05) is 0 Å². The van der Waals surface area contributed by atoms with Gasteiger partial charge in [0.25, 0.3) is 0 Å². The largest absolute Gasteiger partial charge is 0.462 e. The molecule has 65 heavy (non-hydrogen) atoms. The second-order valence-corrected chi connectivity index (χ2v) is 20.1. The van der Waals surface area contributed by atoms with Crippen LogP contribution in [-0.2, 0) is 14.3 Å². The topological polar surface area (TPSA) is 95.9 Å². The van der Waals surface area contributed by atoms with Crippen molar-refractivity contribution in [1.82, 2.24) is 5.32 Å². The Morgan fingerprint density at radius 3 is 1.20 bits per heavy atom. The maximum Gasteiger partial charge on any atom is 0.306 e. The molecular weight excluding hydrogens is 803 g/mol. The second kappa shape index (κ2) is 53.3. The van der Waals surface area contributed by atoms with Crippen LogP contribution in [0, 0.1) is 0 Å². The SMILES string of the molecule is CCCCC/C=C\C/C=C\CCCCCCCC(CC(=O)NC(CO)C(O)CCCCCCCCCCCCCCCCCCC)OC(=O)CCCCCCCCCCCCCCCC. The van der Waals surface area contributed by atoms with Crippen molar-refractivity contribution in [2.24, 2.45) is 0 Å². The van der Waals surface area contributed by atoms with Gasteiger partial charge in [0.15, 0.2) is 0 Å². The van der Waals surface area contributed by atoms with E-state index in [1.165, 1.54) is 205 Å². The van der Waals surface area contributed by atoms with Crippen LogP contribution in [0.15, 0.2) is 24.3 Å². The molecule has 0 spiro atoms. The molecule has 0 aliphatic heterocycles. The number of allylic oxidation sites excluding steroid dienone is 4. The lowest BCUT2D eigenvalue weighted by atomic mass is 10.0. The van der Waals surface area contributed by atoms with E-state index in [0.717, 1.165) is 64.2 Å². The van der Waals surface area contributed by atoms with Crippen molar-refractivity contribution < 1.29 is 24.5 Å². The highest BCUT2D eigenvalue weighted by Crippen LogP contribution is 2.19. The molecule has 6 nitrogen and oxygen atoms in total. The number of hydrogen-bond acceptors (Lipinski definition) is 5. The van der Waals surface area contributed by atoms with Gasteiger partial charge in [-0.05, 0) is 57.8 Å². The predicted molar refractivity (Wildman–Crippen MR) is 283 cm³/mol. The minimum atomic E-state index is -0.788. The maximum atomic E-state index is 13.3. The zero-order valence-electron chi connectivity index (χ0n) is 43.9. The van der Waals surface area contributed by atoms with Crippen molar-refractivity contribution in [1.29, 1.82) is 0 Å². The highest BCUT2D eigenvalue weighted by atomic mass is 16.5. The number of nitrogens with one attached hydrogen (secondary N) is 1. The van der Waals surface area contributed by atoms with Gasteiger partial charge < -0.3 is 20.3 Å². The van der Waals surface area contributed by atoms with Crippen LogP contribution in [0.1, 0.15) is 316 Å². The fourth-order valence-electron chi connectivity index (χ4n) is 9.11. The molecule has 0 bridgehead atoms. The molecule has 3 unspecified atom stereocenters. The van der Waals surface area contributed by atoms with Crippen LogP contribution in [0.25, 0.3) is 0 Å². The summed E-state index contributed by atoms with van der Waals surface area (Å²) < 4.78 is 5.96. The third-order valence-corrected chi connectivity index (χ3v) is 13.5. The van der Waals surface area contributed by atoms with E-state index in [1.54, 1.807) is 0 Å². The van der Waals surface area contributed by atoms with Gasteiger partial charge >= 0.3 is 5.97 Å². The highest BCUT2D eigenvalue weighted by Gasteiger charge is 2.24. The van der Waals surface area contributed by atoms with Gasteiger partial charge in [-0.25, -0.2) is 0 Å². The second-order valence-electron chi connectivity index (χ2n) is 20.1. The Balaban J connectivity index is 4.51. The molecule has 0 aromatic carbocycles. The fourth-order valence-corrected chi connectivity index (χ4v) is 9.11. The standard InChI is InChI=1S/C59H113NO5/c1-4-7-10-13-16-19-22-25-28-29-31-33-36-39-42-45-48-51-57(62)56(54-61)60-58(63)53-55(50-47-44-41-38-35-32-30-26-23-20-17-14-11-8-5-2)65-59(64)52-49-46-43-40-37-34-27-24-21-18-15-12-9-6-3/h17,20,26,30,55-57,61-62H,4-16,18-19,21-25,27-29,31-54H2,1-3H3,(H,60,63)/b20-17-,30-26-. The molecule has 0 aromatic rings. The fraction of sp³-hybridized carbons (Fsp3) is 0.898. The molecule has 0 rings (SSSR count). The quantitative estimate of drug-likeness (QED) is 0.0321. The molecule has 0 heterocycles. The minimum absolute atomic E-state index is 0.0741. The van der Waals surface area contributed by atoms with E-state index < -0.39 is 18.2 Å². The Morgan fingerprint density at radius 1 is 0.446 bits per heavy atom. The van der Waals surface area contributed by atoms with E-state index in [2.05, 4.69) is 50.4 Å². The molecule has 1 amide bonds. The molecule has 384 valence electrons. The van der Waals surface area contributed by atoms with Gasteiger partial charge in [0.2, 0.25) is 5.91 Å². The van der Waals surface area contributed by atoms with Crippen LogP contribution in [0.3, 0.4) is 0 Å². The summed E-state index contributed by atoms with van der Waals surface area (Å²) >= 11 is 0. The van der Waals surface area contributed by atoms with Crippen LogP contribution in [0.2, 0.25) is 0 Å². The van der Waals surface area contributed by atoms with Gasteiger partial charge in [0, 0.05) is 6.42 Å². The Bertz CT molecular complexity index is 1030. The number of rotatable bonds is 53. The summed E-state index contributed by atoms with van der Waals surface area (Å²) in [6.45, 7) is 6.50. The number of esters is 1. The number of carbonyl (C=O) groups is 2. The number of unbranched alkanes of at least 4 members (excludes halogenated alkanes) is 37. The third kappa shape index (κ3) is 48.6. The van der Waals surface area contributed by atoms with Crippen LogP contribution < -0.4 is 5.32 Å². The number of carbonyl (C=O) groups excluding carboxylic acids is 2. The molecule has 3 atom stereocenters. The zero-order chi connectivity index (χ0) is 47.4. The molecule has 3 N–H and O–H groups in total. The zero-order valence-corrected chi connectivity index (χ0v) is 43.9. The predicted octanol–water partition coefficient (Wildman–Crippen LogP) is 17.9. The van der Waals surface area contributed by atoms with Gasteiger partial charge in [-0.2, -0.15) is 0 Å². The van der Waals surface area contributed by atoms with Gasteiger partial charge in [-0.1, -0.05) is 270 Å². The minimum Gasteiger partial charge on any atom is -0.462 e. The molecule has 0 saturated heterocycles. The number of aliphatic hydroxyl groups is 2. The van der Waals surface area contributed by atoms with Crippen molar-refractivity contribution in [3.05, 3.63) is 24.3 Å². The van der Waals surface area contributed by atoms with Crippen molar-refractivity contribution in [2.45, 2.75) is 334 Å². The van der Waals surface area contributed by atoms with Crippen LogP contribution in [0.4, 0.5) is 0 Å². The normalized spacial score (nSPS) is 13.2. The Morgan fingerprint density at radius 2 is 0.785 bits per heavy atom. The third-order valence-electron chi connectivity index (χ3n) is 13.5. The van der Waals surface area contributed by atoms with Crippen molar-refractivity contribution >= 4 is 11.9 Å². The van der Waals surface area contributed by atoms with E-state index in [4.69, 9.17) is 4.74 Å². The average molecular weight is 917 g/mol. The summed E-state index contributed by atoms with van der Waals surface area (Å²) in [6, 6.07) is -0.702. The van der Waals surface area contributed by atoms with Crippen molar-refractivity contribution in [2.75, 3.05) is 6.61 Å². The van der Waals surface area contributed by atoms with E-state index in [0.29, 0.717) is 19.3 Å². The first-order valence-corrected chi connectivity index (χ1v) is 29.1. The molecule has 0 fully saturated rings. The highest BCUT2D eigenvalue weighted by molar-refractivity contribution is 5.77. The smallest absolute Gasteiger partial charge is 0.306 e. The molecule has 0 aromatic heterocycles. The van der Waals surface area contributed by atoms with E-state index in [9.17, 15) is 19.8 Å². The lowest BCUT2D eigenvalue weighted by Gasteiger charge is -2.24. The number of ether oxygens (including phenoxy) is 1. The first-order chi connectivity index (χ1) is 32.0. The van der Waals surface area contributed by atoms with Crippen molar-refractivity contribution in [3.8, 4) is 0 Å². The lowest BCUT2D eigenvalue weighted by molar-refractivity contribution is -0.151. The summed E-state index contributed by atoms with van der Waals surface area (Å²) in [5, 5.41) is 23.9. The molecule has 6 heteroatoms. The van der Waals surface area contributed by atoms with Crippen LogP contribution in [0.5, 0.6) is 0 Å². The summed E-state index contributed by atoms with van der Waals surface area (Å²) in [7, 11) is 0. The Kier molecular flexibility index (Phi) is 51.9. The molecule has 0 aliphatic rings. The van der Waals surface area contributed by atoms with Crippen LogP contribution in [-0.4, -0.2) is 46.9 Å². The van der Waals surface area contributed by atoms with Gasteiger partial charge in [0.1, 0.15) is 6.10 Å². The summed E-state index contributed by atoms with van der Waals surface area (Å²) in [4.78, 5) is 26.3. The number of aliphatic hydroxyl groups excluding tert-OH is 2. The van der Waals surface area contributed by atoms with Crippen molar-refractivity contribution in [3.63, 3.8) is 0 Å². The van der Waals surface area contributed by atoms with Crippen LogP contribution >= 0.6 is 0 Å². The Hall–Kier alpha value is -1.66. The monoisotopic (exact) mass is 916 g/mol. The van der Waals surface area contributed by atoms with Gasteiger partial charge in [0.05, 0.1) is 25.2 Å². The average Bonchev–Trinajstić information content (AvgIpc) is 3.30. The van der Waals surface area contributed by atoms with E-state index >= 15 is 0 Å². The first-order valence-electron chi connectivity index (χ1n) is 29.1. The molecule has 0 saturated carbocycles. The lowest BCUT2D eigenvalue weighted by Crippen LogP contribution is -2.46. The summed E-state index contributed by atoms with van der Waals surface area (Å²) in [6.07, 6.45) is 62.4. The molecular formula is C59H113NO5. The van der Waals surface area contributed by atoms with Gasteiger partial charge in [-0.15, -0.1) is 0 Å². The summed E-state index contributed by atoms with van der Waals surface area (Å²) in [5.74, 6) is -0.468. The molecule has 0 radical (unpaired) electrons. The molecule has 0 aliphatic carbocycles. The number of amides is 1. The summed E-state index contributed by atoms with van der Waals surface area (Å²) in [5.41, 5.74) is 0. The van der Waals surface area contributed by atoms with E-state index in [-0.39, 0.29) is 24.9 Å². The first kappa shape index (κ1) is 63.3. The maximum absolute atomic E-state index is 13.3. The Labute approximate surface area is 405 Å².